The van der Waals surface area contributed by atoms with Crippen molar-refractivity contribution in [2.75, 3.05) is 26.0 Å². The quantitative estimate of drug-likeness (QED) is 0.0323. The van der Waals surface area contributed by atoms with E-state index in [9.17, 15) is 58.2 Å². The maximum absolute atomic E-state index is 15.3. The molecule has 13 N–H and O–H groups in total. The lowest BCUT2D eigenvalue weighted by molar-refractivity contribution is -0.144. The molecular formula is C59H87N11O15. The number of carbonyl (C=O) groups excluding carboxylic acids is 8. The van der Waals surface area contributed by atoms with E-state index in [0.717, 1.165) is 10.9 Å². The Kier molecular flexibility index (Phi) is 26.1. The molecule has 1 aromatic heterocycles. The van der Waals surface area contributed by atoms with Gasteiger partial charge in [0, 0.05) is 74.3 Å². The molecule has 0 radical (unpaired) electrons. The Bertz CT molecular complexity index is 2930. The fourth-order valence-corrected chi connectivity index (χ4v) is 9.52. The van der Waals surface area contributed by atoms with Crippen LogP contribution in [0.2, 0.25) is 0 Å². The van der Waals surface area contributed by atoms with Gasteiger partial charge in [-0.2, -0.15) is 0 Å². The van der Waals surface area contributed by atoms with Crippen molar-refractivity contribution < 1.29 is 72.8 Å². The Labute approximate surface area is 495 Å². The number of nitrogens with one attached hydrogen (secondary N) is 6. The molecule has 0 aliphatic carbocycles. The summed E-state index contributed by atoms with van der Waals surface area (Å²) < 4.78 is 7.75. The molecule has 7 atom stereocenters. The average Bonchev–Trinajstić information content (AvgIpc) is 2.35. The molecule has 0 saturated carbocycles. The molecular weight excluding hydrogens is 1100 g/mol. The van der Waals surface area contributed by atoms with Gasteiger partial charge in [0.25, 0.3) is 0 Å². The minimum Gasteiger partial charge on any atom is -0.481 e. The number of carboxylic acids is 3. The van der Waals surface area contributed by atoms with Crippen molar-refractivity contribution in [1.29, 1.82) is 0 Å². The number of nitrogens with two attached hydrogens (primary N) is 2. The molecule has 468 valence electrons. The molecule has 1 unspecified atom stereocenters. The van der Waals surface area contributed by atoms with Crippen LogP contribution in [0.3, 0.4) is 0 Å². The maximum atomic E-state index is 15.3. The SMILES string of the molecule is C/C(=C\[C@H](C(C)C)N(C)C(=O)[C@@H](NC(=O)C(N(C)C(=O)OCc1ccc(NC(=O)[C@H](CCCNC(N)=O)NC(=O)[C@@H](N)C(C)C)cc1)C(C)(C)c1cn(C)c2ccccc12)C(C)(C)C)C(=O)N[C@H](CCC(=O)O)C(=O)N[C@H](CCC(=O)O)C(=O)O. The van der Waals surface area contributed by atoms with E-state index >= 15 is 4.79 Å². The Hall–Kier alpha value is -8.55. The van der Waals surface area contributed by atoms with Gasteiger partial charge >= 0.3 is 30.0 Å². The summed E-state index contributed by atoms with van der Waals surface area (Å²) in [6, 6.07) is 4.63. The van der Waals surface area contributed by atoms with E-state index in [4.69, 9.17) is 21.3 Å². The third-order valence-electron chi connectivity index (χ3n) is 14.6. The van der Waals surface area contributed by atoms with Crippen molar-refractivity contribution in [3.63, 3.8) is 0 Å². The number of carboxylic acid groups (broad SMARTS) is 3. The number of urea groups is 1. The summed E-state index contributed by atoms with van der Waals surface area (Å²) >= 11 is 0. The van der Waals surface area contributed by atoms with Crippen molar-refractivity contribution in [3.05, 3.63) is 77.5 Å². The number of ether oxygens (including phenoxy) is 1. The Morgan fingerprint density at radius 2 is 1.27 bits per heavy atom. The van der Waals surface area contributed by atoms with Gasteiger partial charge in [0.15, 0.2) is 0 Å². The lowest BCUT2D eigenvalue weighted by atomic mass is 9.76. The molecule has 1 heterocycles. The number of carbonyl (C=O) groups is 11. The molecule has 0 fully saturated rings. The number of para-hydroxylation sites is 1. The number of anilines is 1. The molecule has 0 aliphatic heterocycles. The number of likely N-dealkylation sites (N-methyl/N-ethyl adjacent to an activating group) is 2. The van der Waals surface area contributed by atoms with E-state index in [1.807, 2.05) is 42.1 Å². The molecule has 3 aromatic rings. The Balaban J connectivity index is 1.96. The number of nitrogens with zero attached hydrogens (tertiary/aromatic N) is 3. The first kappa shape index (κ1) is 70.7. The predicted octanol–water partition coefficient (Wildman–Crippen LogP) is 3.69. The van der Waals surface area contributed by atoms with Gasteiger partial charge < -0.3 is 72.9 Å². The zero-order valence-electron chi connectivity index (χ0n) is 50.9. The number of primary amides is 1. The minimum absolute atomic E-state index is 0.00820. The number of hydrogen-bond donors (Lipinski definition) is 11. The highest BCUT2D eigenvalue weighted by Crippen LogP contribution is 2.37. The third-order valence-corrected chi connectivity index (χ3v) is 14.6. The largest absolute Gasteiger partial charge is 0.481 e. The van der Waals surface area contributed by atoms with Gasteiger partial charge in [0.1, 0.15) is 36.8 Å². The second kappa shape index (κ2) is 31.4. The smallest absolute Gasteiger partial charge is 0.410 e. The van der Waals surface area contributed by atoms with Crippen molar-refractivity contribution in [2.24, 2.45) is 35.8 Å². The van der Waals surface area contributed by atoms with E-state index in [1.54, 1.807) is 86.6 Å². The van der Waals surface area contributed by atoms with Crippen LogP contribution in [-0.4, -0.2) is 158 Å². The number of aromatic nitrogens is 1. The van der Waals surface area contributed by atoms with Gasteiger partial charge in [-0.3, -0.25) is 43.3 Å². The molecule has 85 heavy (non-hydrogen) atoms. The molecule has 26 heteroatoms. The average molecular weight is 1190 g/mol. The first-order valence-corrected chi connectivity index (χ1v) is 28.0. The third kappa shape index (κ3) is 20.6. The first-order valence-electron chi connectivity index (χ1n) is 28.0. The zero-order valence-corrected chi connectivity index (χ0v) is 50.9. The number of benzene rings is 2. The summed E-state index contributed by atoms with van der Waals surface area (Å²) in [5, 5.41) is 44.4. The van der Waals surface area contributed by atoms with E-state index in [0.29, 0.717) is 23.2 Å². The van der Waals surface area contributed by atoms with Crippen LogP contribution in [0.25, 0.3) is 10.9 Å². The lowest BCUT2D eigenvalue weighted by Crippen LogP contribution is -2.63. The zero-order chi connectivity index (χ0) is 64.4. The van der Waals surface area contributed by atoms with Gasteiger partial charge in [-0.15, -0.1) is 0 Å². The van der Waals surface area contributed by atoms with E-state index in [-0.39, 0.29) is 37.0 Å². The highest BCUT2D eigenvalue weighted by Gasteiger charge is 2.47. The number of hydrogen-bond acceptors (Lipinski definition) is 13. The number of aliphatic carboxylic acids is 3. The normalized spacial score (nSPS) is 14.3. The van der Waals surface area contributed by atoms with Crippen LogP contribution in [0.15, 0.2) is 66.4 Å². The van der Waals surface area contributed by atoms with Crippen LogP contribution in [-0.2, 0) is 67.0 Å². The van der Waals surface area contributed by atoms with Gasteiger partial charge in [0.2, 0.25) is 35.4 Å². The van der Waals surface area contributed by atoms with Gasteiger partial charge in [-0.25, -0.2) is 14.4 Å². The van der Waals surface area contributed by atoms with Crippen molar-refractivity contribution in [3.8, 4) is 0 Å². The van der Waals surface area contributed by atoms with Crippen molar-refractivity contribution in [2.45, 2.75) is 162 Å². The molecule has 9 amide bonds. The van der Waals surface area contributed by atoms with Gasteiger partial charge in [0.05, 0.1) is 12.1 Å². The van der Waals surface area contributed by atoms with Crippen LogP contribution in [0.4, 0.5) is 15.3 Å². The molecule has 0 aliphatic rings. The summed E-state index contributed by atoms with van der Waals surface area (Å²) in [5.41, 5.74) is 11.4. The summed E-state index contributed by atoms with van der Waals surface area (Å²) in [6.07, 6.45) is 0.778. The van der Waals surface area contributed by atoms with Crippen LogP contribution in [0, 0.1) is 17.3 Å². The minimum atomic E-state index is -1.66. The van der Waals surface area contributed by atoms with Crippen LogP contribution in [0.5, 0.6) is 0 Å². The second-order valence-electron chi connectivity index (χ2n) is 23.5. The van der Waals surface area contributed by atoms with Crippen molar-refractivity contribution in [1.82, 2.24) is 41.0 Å². The van der Waals surface area contributed by atoms with Crippen LogP contribution in [0.1, 0.15) is 119 Å². The molecule has 26 nitrogen and oxygen atoms in total. The topological polar surface area (TPSA) is 393 Å². The Morgan fingerprint density at radius 3 is 1.81 bits per heavy atom. The maximum Gasteiger partial charge on any atom is 0.410 e. The first-order chi connectivity index (χ1) is 39.5. The van der Waals surface area contributed by atoms with E-state index in [1.165, 1.54) is 36.9 Å². The Morgan fingerprint density at radius 1 is 0.706 bits per heavy atom. The summed E-state index contributed by atoms with van der Waals surface area (Å²) in [4.78, 5) is 146. The fraction of sp³-hybridized carbons (Fsp3) is 0.542. The number of fused-ring (bicyclic) bond motifs is 1. The number of amides is 9. The van der Waals surface area contributed by atoms with Crippen LogP contribution >= 0.6 is 0 Å². The predicted molar refractivity (Wildman–Crippen MR) is 316 cm³/mol. The summed E-state index contributed by atoms with van der Waals surface area (Å²) in [5.74, 6) is -9.02. The highest BCUT2D eigenvalue weighted by atomic mass is 16.6. The lowest BCUT2D eigenvalue weighted by Gasteiger charge is -2.42. The summed E-state index contributed by atoms with van der Waals surface area (Å²) in [7, 11) is 4.76. The number of aryl methyl sites for hydroxylation is 1. The standard InChI is InChI=1S/C59H87N11O15/c1-32(2)43(29-34(5)49(75)64-40(24-26-44(71)72)51(77)66-41(55(81)82)25-27-45(73)74)69(12)54(80)47(58(6,7)8)67-53(79)48(59(9,10)38-30-68(11)42-19-15-14-17-37(38)42)70(13)57(84)85-31-35-20-22-36(23-21-35)63-50(76)39(18-16-28-62-56(61)83)65-52(78)46(60)33(3)4/h14-15,17,19-23,29-30,32-33,39-41,43,46-48H,16,18,24-28,31,60H2,1-13H3,(H,63,76)(H,64,75)(H,65,78)(H,66,77)(H,67,79)(H,71,72)(H,73,74)(H,81,82)(H3,61,62,83)/b34-29+/t39-,40+,41+,43+,46-,47+,48?/m0/s1. The van der Waals surface area contributed by atoms with Gasteiger partial charge in [-0.05, 0) is 79.2 Å². The molecule has 0 bridgehead atoms. The monoisotopic (exact) mass is 1190 g/mol. The second-order valence-corrected chi connectivity index (χ2v) is 23.5. The molecule has 0 spiro atoms. The van der Waals surface area contributed by atoms with E-state index < -0.39 is 144 Å². The van der Waals surface area contributed by atoms with E-state index in [2.05, 4.69) is 31.9 Å². The molecule has 0 saturated heterocycles. The fourth-order valence-electron chi connectivity index (χ4n) is 9.52. The van der Waals surface area contributed by atoms with Crippen LogP contribution < -0.4 is 43.4 Å². The van der Waals surface area contributed by atoms with Gasteiger partial charge in [-0.1, -0.05) is 98.7 Å². The summed E-state index contributed by atoms with van der Waals surface area (Å²) in [6.45, 7) is 17.2. The molecule has 2 aromatic carbocycles. The molecule has 3 rings (SSSR count). The highest BCUT2D eigenvalue weighted by molar-refractivity contribution is 5.99. The van der Waals surface area contributed by atoms with Crippen molar-refractivity contribution >= 4 is 82.1 Å². The number of rotatable bonds is 31.